The average molecular weight is 519 g/mol. The van der Waals surface area contributed by atoms with Crippen molar-refractivity contribution in [1.82, 2.24) is 0 Å². The van der Waals surface area contributed by atoms with E-state index in [1.807, 2.05) is 0 Å². The molecule has 0 amide bonds. The fourth-order valence-electron chi connectivity index (χ4n) is 4.58. The molecule has 4 heteroatoms. The van der Waals surface area contributed by atoms with E-state index in [0.717, 1.165) is 25.7 Å². The first kappa shape index (κ1) is 37.7. The molecular weight excluding hydrogens is 459 g/mol. The van der Waals surface area contributed by atoms with Crippen molar-refractivity contribution in [3.8, 4) is 0 Å². The number of rotatable bonds is 26. The Balaban J connectivity index is -0.00000544. The van der Waals surface area contributed by atoms with Gasteiger partial charge in [-0.1, -0.05) is 129 Å². The van der Waals surface area contributed by atoms with E-state index in [-0.39, 0.29) is 64.6 Å². The molecule has 0 N–H and O–H groups in total. The number of allylic oxidation sites excluding steroid dienone is 2. The van der Waals surface area contributed by atoms with Crippen molar-refractivity contribution in [1.29, 1.82) is 0 Å². The first-order valence-electron chi connectivity index (χ1n) is 14.9. The zero-order valence-electron chi connectivity index (χ0n) is 25.2. The first-order valence-corrected chi connectivity index (χ1v) is 14.9. The van der Waals surface area contributed by atoms with Crippen LogP contribution >= 0.6 is 0 Å². The predicted octanol–water partition coefficient (Wildman–Crippen LogP) is 7.03. The number of Topliss-reactive ketones (excluding diaryl/α,β-unsaturated/α-hetero) is 1. The monoisotopic (exact) mass is 518 g/mol. The fourth-order valence-corrected chi connectivity index (χ4v) is 4.58. The summed E-state index contributed by atoms with van der Waals surface area (Å²) in [6.45, 7) is 4.50. The summed E-state index contributed by atoms with van der Waals surface area (Å²) < 4.78 is 4.92. The Labute approximate surface area is 263 Å². The summed E-state index contributed by atoms with van der Waals surface area (Å²) in [6.07, 6.45) is 31.9. The van der Waals surface area contributed by atoms with Gasteiger partial charge in [-0.3, -0.25) is 9.59 Å². The van der Waals surface area contributed by atoms with Crippen molar-refractivity contribution in [2.45, 2.75) is 162 Å². The van der Waals surface area contributed by atoms with Crippen LogP contribution in [-0.2, 0) is 14.3 Å². The van der Waals surface area contributed by atoms with Gasteiger partial charge in [0.05, 0.1) is 7.11 Å². The predicted molar refractivity (Wildman–Crippen MR) is 148 cm³/mol. The van der Waals surface area contributed by atoms with Gasteiger partial charge >= 0.3 is 57.4 Å². The largest absolute Gasteiger partial charge is 1.00 e. The smallest absolute Gasteiger partial charge is 1.00 e. The van der Waals surface area contributed by atoms with Crippen LogP contribution in [0, 0.1) is 5.92 Å². The zero-order chi connectivity index (χ0) is 25.1. The number of unbranched alkanes of at least 4 members (excludes halogenated alkanes) is 18. The van der Waals surface area contributed by atoms with Crippen LogP contribution in [0.2, 0.25) is 0 Å². The van der Waals surface area contributed by atoms with E-state index in [1.54, 1.807) is 0 Å². The minimum Gasteiger partial charge on any atom is -1.00 e. The van der Waals surface area contributed by atoms with E-state index in [2.05, 4.69) is 26.0 Å². The topological polar surface area (TPSA) is 43.4 Å². The van der Waals surface area contributed by atoms with Gasteiger partial charge in [-0.15, -0.1) is 0 Å². The summed E-state index contributed by atoms with van der Waals surface area (Å²) in [5.74, 6) is -0.782. The van der Waals surface area contributed by atoms with Crippen molar-refractivity contribution >= 4 is 11.8 Å². The molecule has 0 aromatic heterocycles. The summed E-state index contributed by atoms with van der Waals surface area (Å²) in [5, 5.41) is 0. The minimum atomic E-state index is -0.540. The number of hydrogen-bond acceptors (Lipinski definition) is 3. The maximum atomic E-state index is 12.6. The second-order valence-corrected chi connectivity index (χ2v) is 10.1. The zero-order valence-corrected chi connectivity index (χ0v) is 27.3. The average Bonchev–Trinajstić information content (AvgIpc) is 2.85. The molecule has 0 spiro atoms. The second kappa shape index (κ2) is 30.7. The third kappa shape index (κ3) is 25.9. The molecule has 35 heavy (non-hydrogen) atoms. The summed E-state index contributed by atoms with van der Waals surface area (Å²) in [6, 6.07) is 0. The van der Waals surface area contributed by atoms with Gasteiger partial charge in [0.1, 0.15) is 11.7 Å². The molecule has 3 nitrogen and oxygen atoms in total. The van der Waals surface area contributed by atoms with Gasteiger partial charge < -0.3 is 6.16 Å². The van der Waals surface area contributed by atoms with Gasteiger partial charge in [0.2, 0.25) is 0 Å². The minimum absolute atomic E-state index is 0. The molecule has 0 bridgehead atoms. The molecule has 0 aliphatic carbocycles. The van der Waals surface area contributed by atoms with Crippen LogP contribution in [-0.4, -0.2) is 18.9 Å². The van der Waals surface area contributed by atoms with E-state index in [9.17, 15) is 9.59 Å². The molecule has 0 aliphatic heterocycles. The second-order valence-electron chi connectivity index (χ2n) is 10.1. The molecule has 0 aliphatic rings. The van der Waals surface area contributed by atoms with Crippen LogP contribution < -0.4 is 51.4 Å². The van der Waals surface area contributed by atoms with Crippen LogP contribution in [0.3, 0.4) is 0 Å². The Kier molecular flexibility index (Phi) is 33.1. The van der Waals surface area contributed by atoms with Gasteiger partial charge in [0, 0.05) is 6.42 Å². The molecule has 1 atom stereocenters. The van der Waals surface area contributed by atoms with Crippen molar-refractivity contribution in [2.75, 3.05) is 7.11 Å². The van der Waals surface area contributed by atoms with Crippen LogP contribution in [0.15, 0.2) is 12.2 Å². The normalized spacial score (nSPS) is 12.0. The Morgan fingerprint density at radius 2 is 1.03 bits per heavy atom. The van der Waals surface area contributed by atoms with Crippen LogP contribution in [0.5, 0.6) is 0 Å². The summed E-state index contributed by atoms with van der Waals surface area (Å²) in [7, 11) is 1.40. The van der Waals surface area contributed by atoms with Crippen molar-refractivity contribution < 1.29 is 67.1 Å². The number of carbonyl (C=O) groups is 2. The van der Waals surface area contributed by atoms with Crippen molar-refractivity contribution in [2.24, 2.45) is 5.92 Å². The maximum absolute atomic E-state index is 12.6. The molecule has 0 rings (SSSR count). The summed E-state index contributed by atoms with van der Waals surface area (Å²) in [5.41, 5.74) is 0. The van der Waals surface area contributed by atoms with E-state index < -0.39 is 5.92 Å². The number of ketones is 1. The number of methoxy groups -OCH3 is 1. The Bertz CT molecular complexity index is 496. The van der Waals surface area contributed by atoms with Crippen LogP contribution in [0.25, 0.3) is 0 Å². The third-order valence-electron chi connectivity index (χ3n) is 6.91. The van der Waals surface area contributed by atoms with E-state index in [0.29, 0.717) is 12.8 Å². The molecule has 0 aromatic carbocycles. The van der Waals surface area contributed by atoms with Crippen LogP contribution in [0.4, 0.5) is 0 Å². The Morgan fingerprint density at radius 1 is 0.629 bits per heavy atom. The van der Waals surface area contributed by atoms with E-state index >= 15 is 0 Å². The molecule has 0 aromatic rings. The van der Waals surface area contributed by atoms with Crippen molar-refractivity contribution in [3.05, 3.63) is 12.2 Å². The number of esters is 1. The number of carbonyl (C=O) groups excluding carboxylic acids is 2. The molecule has 0 saturated carbocycles. The molecule has 202 valence electrons. The Hall–Kier alpha value is 0.516. The molecule has 0 radical (unpaired) electrons. The molecular formula is C31H59KO3. The van der Waals surface area contributed by atoms with Crippen LogP contribution in [0.1, 0.15) is 163 Å². The quantitative estimate of drug-likeness (QED) is 0.0406. The standard InChI is InChI=1S/C31H58O3.K.H/c1-4-6-8-10-12-14-15-16-17-18-19-20-22-24-26-28-30(32)29(31(33)34-3)27-25-23-21-13-11-9-7-5-2;;/h16-17,29H,4-15,18-28H2,1-3H3;;/q;+1;-1/b17-16-;;. The van der Waals surface area contributed by atoms with Crippen molar-refractivity contribution in [3.63, 3.8) is 0 Å². The Morgan fingerprint density at radius 3 is 1.49 bits per heavy atom. The molecule has 0 fully saturated rings. The van der Waals surface area contributed by atoms with Gasteiger partial charge in [0.25, 0.3) is 0 Å². The fraction of sp³-hybridized carbons (Fsp3) is 0.871. The van der Waals surface area contributed by atoms with E-state index in [1.165, 1.54) is 116 Å². The van der Waals surface area contributed by atoms with Gasteiger partial charge in [0.15, 0.2) is 0 Å². The van der Waals surface area contributed by atoms with Gasteiger partial charge in [-0.05, 0) is 38.5 Å². The summed E-state index contributed by atoms with van der Waals surface area (Å²) in [4.78, 5) is 24.7. The molecule has 0 saturated heterocycles. The first-order chi connectivity index (χ1) is 16.7. The SMILES string of the molecule is CCCCCCCC/C=C\CCCCCCCC(=O)C(CCCCCCCCCC)C(=O)OC.[H-].[K+]. The van der Waals surface area contributed by atoms with Gasteiger partial charge in [-0.2, -0.15) is 0 Å². The molecule has 1 unspecified atom stereocenters. The third-order valence-corrected chi connectivity index (χ3v) is 6.91. The van der Waals surface area contributed by atoms with Gasteiger partial charge in [-0.25, -0.2) is 0 Å². The number of hydrogen-bond donors (Lipinski definition) is 0. The summed E-state index contributed by atoms with van der Waals surface area (Å²) >= 11 is 0. The number of ether oxygens (including phenoxy) is 1. The molecule has 0 heterocycles. The van der Waals surface area contributed by atoms with E-state index in [4.69, 9.17) is 4.74 Å². The maximum Gasteiger partial charge on any atom is 1.00 e.